The number of carbonyl (C=O) groups is 2. The van der Waals surface area contributed by atoms with E-state index in [2.05, 4.69) is 88.4 Å². The lowest BCUT2D eigenvalue weighted by Crippen LogP contribution is -2.19. The quantitative estimate of drug-likeness (QED) is 0.0171. The van der Waals surface area contributed by atoms with Gasteiger partial charge in [0.25, 0.3) is 0 Å². The van der Waals surface area contributed by atoms with Crippen molar-refractivity contribution in [2.24, 2.45) is 0 Å². The van der Waals surface area contributed by atoms with Crippen molar-refractivity contribution in [1.29, 1.82) is 0 Å². The van der Waals surface area contributed by atoms with Gasteiger partial charge in [-0.05, 0) is 97.1 Å². The predicted octanol–water partition coefficient (Wildman–Crippen LogP) is 8.93. The minimum Gasteiger partial charge on any atom is -0.466 e. The Hall–Kier alpha value is -6.62. The van der Waals surface area contributed by atoms with Gasteiger partial charge in [0.15, 0.2) is 5.13 Å². The fourth-order valence-corrected chi connectivity index (χ4v) is 7.74. The first-order valence-corrected chi connectivity index (χ1v) is 25.8. The number of anilines is 7. The fourth-order valence-electron chi connectivity index (χ4n) is 5.60. The molecule has 1 amide bonds. The molecule has 0 aliphatic heterocycles. The Morgan fingerprint density at radius 1 is 0.606 bits per heavy atom. The zero-order valence-corrected chi connectivity index (χ0v) is 43.6. The van der Waals surface area contributed by atoms with Crippen LogP contribution in [0.1, 0.15) is 71.1 Å². The first kappa shape index (κ1) is 58.7. The zero-order chi connectivity index (χ0) is 49.7. The first-order valence-electron chi connectivity index (χ1n) is 21.9. The molecule has 8 heterocycles. The molecule has 7 N–H and O–H groups in total. The van der Waals surface area contributed by atoms with Gasteiger partial charge in [-0.1, -0.05) is 49.9 Å². The van der Waals surface area contributed by atoms with Gasteiger partial charge in [-0.2, -0.15) is 17.5 Å². The molecule has 0 aliphatic carbocycles. The molecule has 8 rings (SSSR count). The Balaban J connectivity index is 0.000000254. The van der Waals surface area contributed by atoms with Crippen LogP contribution in [-0.2, 0) is 14.3 Å². The maximum atomic E-state index is 11.3. The number of unbranched alkanes of at least 4 members (excludes halogenated alkanes) is 6. The van der Waals surface area contributed by atoms with Gasteiger partial charge in [-0.25, -0.2) is 45.4 Å². The molecule has 8 aromatic rings. The number of hydroxylamine groups is 1. The summed E-state index contributed by atoms with van der Waals surface area (Å²) in [6, 6.07) is 23.0. The Bertz CT molecular complexity index is 2460. The number of halogens is 1. The van der Waals surface area contributed by atoms with Crippen LogP contribution in [0.5, 0.6) is 0 Å². The van der Waals surface area contributed by atoms with E-state index in [0.717, 1.165) is 102 Å². The Morgan fingerprint density at radius 3 is 1.51 bits per heavy atom. The summed E-state index contributed by atoms with van der Waals surface area (Å²) in [5, 5.41) is 14.4. The normalized spacial score (nSPS) is 9.85. The number of rotatable bonds is 21. The van der Waals surface area contributed by atoms with Crippen LogP contribution in [0.4, 0.5) is 38.0 Å². The van der Waals surface area contributed by atoms with E-state index >= 15 is 0 Å². The number of nitrogen functional groups attached to an aromatic ring is 1. The number of nitrogens with zero attached hydrogens (tertiary/aromatic N) is 14. The minimum absolute atomic E-state index is 0. The molecular weight excluding hydrogens is 1050 g/mol. The standard InChI is InChI=1S/C16H22N4O2S.C14H19N5O2S.C7H6N4S.C5H4BrN.C2H3N3S.H2O/c1-2-22-15(21)10-5-3-4-8-12-20(16-18-13-19-23-16)14-9-6-7-11-17-14;20-13(18-21)8-3-1-2-6-10-19(14-16-11-17-22-14)12-7-4-5-9-15-12;1-2-4-8-6(3-1)11-7-9-5-10-12-7;6-5-3-1-2-4-7-5;3-2-4-1-5-6-2;/h6-7,9,11,13H,2-5,8,10,12H2,1H3;4-5,7,9,11,21H,1-3,6,8,10H2,(H,18,20);1-5H,(H,8,9,10,11);1-4H;1H,(H2,3,4,5);1H2. The summed E-state index contributed by atoms with van der Waals surface area (Å²) in [7, 11) is 0. The lowest BCUT2D eigenvalue weighted by Gasteiger charge is -2.20. The Kier molecular flexibility index (Phi) is 30.8. The molecule has 0 aliphatic rings. The van der Waals surface area contributed by atoms with Gasteiger partial charge in [0.05, 0.1) is 6.61 Å². The van der Waals surface area contributed by atoms with E-state index in [-0.39, 0.29) is 17.4 Å². The minimum atomic E-state index is -0.330. The number of nitrogens with two attached hydrogens (primary N) is 1. The van der Waals surface area contributed by atoms with Gasteiger partial charge >= 0.3 is 5.97 Å². The average molecular weight is 1110 g/mol. The number of hydrogen-bond donors (Lipinski definition) is 4. The van der Waals surface area contributed by atoms with Crippen molar-refractivity contribution in [2.75, 3.05) is 40.5 Å². The lowest BCUT2D eigenvalue weighted by molar-refractivity contribution is -0.143. The van der Waals surface area contributed by atoms with Crippen LogP contribution < -0.4 is 26.3 Å². The van der Waals surface area contributed by atoms with Crippen LogP contribution >= 0.6 is 62.1 Å². The molecule has 0 unspecified atom stereocenters. The lowest BCUT2D eigenvalue weighted by atomic mass is 10.1. The number of pyridine rings is 4. The van der Waals surface area contributed by atoms with E-state index < -0.39 is 0 Å². The van der Waals surface area contributed by atoms with Crippen molar-refractivity contribution in [2.45, 2.75) is 71.1 Å². The smallest absolute Gasteiger partial charge is 0.305 e. The van der Waals surface area contributed by atoms with Gasteiger partial charge < -0.3 is 31.1 Å². The second-order valence-electron chi connectivity index (χ2n) is 13.8. The van der Waals surface area contributed by atoms with Crippen molar-refractivity contribution in [3.8, 4) is 0 Å². The highest BCUT2D eigenvalue weighted by molar-refractivity contribution is 9.10. The maximum Gasteiger partial charge on any atom is 0.305 e. The van der Waals surface area contributed by atoms with Crippen molar-refractivity contribution < 1.29 is 25.0 Å². The Morgan fingerprint density at radius 2 is 1.11 bits per heavy atom. The second-order valence-corrected chi connectivity index (χ2v) is 17.7. The molecule has 22 nitrogen and oxygen atoms in total. The fraction of sp³-hybridized carbons (Fsp3) is 0.318. The number of carbonyl (C=O) groups excluding carboxylic acids is 2. The predicted molar refractivity (Wildman–Crippen MR) is 282 cm³/mol. The van der Waals surface area contributed by atoms with Crippen molar-refractivity contribution in [3.63, 3.8) is 0 Å². The molecule has 0 fully saturated rings. The summed E-state index contributed by atoms with van der Waals surface area (Å²) in [5.41, 5.74) is 6.77. The highest BCUT2D eigenvalue weighted by Gasteiger charge is 2.14. The molecule has 0 saturated heterocycles. The molecule has 0 bridgehead atoms. The maximum absolute atomic E-state index is 11.3. The molecular formula is C44H56BrN17O5S4. The number of nitrogens with one attached hydrogen (secondary N) is 2. The highest BCUT2D eigenvalue weighted by Crippen LogP contribution is 2.26. The summed E-state index contributed by atoms with van der Waals surface area (Å²) in [5.74, 6) is 2.10. The summed E-state index contributed by atoms with van der Waals surface area (Å²) in [6.45, 7) is 3.93. The molecule has 8 aromatic heterocycles. The number of hydrogen-bond acceptors (Lipinski definition) is 24. The van der Waals surface area contributed by atoms with E-state index in [0.29, 0.717) is 24.6 Å². The largest absolute Gasteiger partial charge is 0.466 e. The van der Waals surface area contributed by atoms with Crippen LogP contribution in [0.15, 0.2) is 127 Å². The first-order chi connectivity index (χ1) is 34.4. The summed E-state index contributed by atoms with van der Waals surface area (Å²) in [6.07, 6.45) is 21.6. The van der Waals surface area contributed by atoms with Gasteiger partial charge in [0.1, 0.15) is 47.4 Å². The summed E-state index contributed by atoms with van der Waals surface area (Å²) in [4.78, 5) is 59.2. The summed E-state index contributed by atoms with van der Waals surface area (Å²) < 4.78 is 21.4. The third kappa shape index (κ3) is 25.7. The summed E-state index contributed by atoms with van der Waals surface area (Å²) >= 11 is 8.41. The second kappa shape index (κ2) is 37.2. The SMILES string of the molecule is Brc1ccccn1.CCOC(=O)CCCCCCN(c1ccccn1)c1ncns1.Nc1ncns1.O.O=C(CCCCCCN(c1ccccn1)c1ncns1)NO.c1ccc(Nc2ncns2)nc1. The van der Waals surface area contributed by atoms with Gasteiger partial charge in [-0.3, -0.25) is 14.8 Å². The van der Waals surface area contributed by atoms with Gasteiger partial charge in [-0.15, -0.1) is 0 Å². The monoisotopic (exact) mass is 1110 g/mol. The van der Waals surface area contributed by atoms with Crippen molar-refractivity contribution in [3.05, 3.63) is 127 Å². The molecule has 71 heavy (non-hydrogen) atoms. The van der Waals surface area contributed by atoms with E-state index in [9.17, 15) is 9.59 Å². The van der Waals surface area contributed by atoms with E-state index in [1.54, 1.807) is 42.9 Å². The van der Waals surface area contributed by atoms with E-state index in [1.807, 2.05) is 79.7 Å². The zero-order valence-electron chi connectivity index (χ0n) is 38.8. The topological polar surface area (TPSA) is 306 Å². The average Bonchev–Trinajstić information content (AvgIpc) is 4.27. The molecule has 0 saturated carbocycles. The number of esters is 1. The number of aromatic nitrogens is 12. The van der Waals surface area contributed by atoms with Crippen LogP contribution in [0.25, 0.3) is 0 Å². The van der Waals surface area contributed by atoms with Crippen LogP contribution in [0.3, 0.4) is 0 Å². The molecule has 378 valence electrons. The molecule has 0 atom stereocenters. The molecule has 0 spiro atoms. The van der Waals surface area contributed by atoms with E-state index in [4.69, 9.17) is 15.7 Å². The third-order valence-electron chi connectivity index (χ3n) is 8.76. The number of amides is 1. The van der Waals surface area contributed by atoms with E-state index in [1.165, 1.54) is 58.8 Å². The third-order valence-corrected chi connectivity index (χ3v) is 11.7. The molecule has 27 heteroatoms. The van der Waals surface area contributed by atoms with Crippen molar-refractivity contribution in [1.82, 2.24) is 62.8 Å². The number of ether oxygens (including phenoxy) is 1. The van der Waals surface area contributed by atoms with Crippen molar-refractivity contribution >= 4 is 112 Å². The van der Waals surface area contributed by atoms with Gasteiger partial charge in [0, 0.05) is 96.8 Å². The molecule has 0 radical (unpaired) electrons. The Labute approximate surface area is 436 Å². The van der Waals surface area contributed by atoms with Gasteiger partial charge in [0.2, 0.25) is 21.3 Å². The van der Waals surface area contributed by atoms with Crippen LogP contribution in [-0.4, -0.2) is 99.6 Å². The highest BCUT2D eigenvalue weighted by atomic mass is 79.9. The van der Waals surface area contributed by atoms with Crippen LogP contribution in [0.2, 0.25) is 0 Å². The molecule has 0 aromatic carbocycles. The van der Waals surface area contributed by atoms with Crippen LogP contribution in [0, 0.1) is 0 Å².